The maximum absolute atomic E-state index is 11.2. The monoisotopic (exact) mass is 242 g/mol. The Bertz CT molecular complexity index is 383. The number of carboxylic acids is 1. The van der Waals surface area contributed by atoms with E-state index in [0.29, 0.717) is 18.4 Å². The van der Waals surface area contributed by atoms with Gasteiger partial charge in [0.15, 0.2) is 0 Å². The van der Waals surface area contributed by atoms with E-state index >= 15 is 0 Å². The van der Waals surface area contributed by atoms with Crippen LogP contribution in [0.25, 0.3) is 0 Å². The van der Waals surface area contributed by atoms with Crippen LogP contribution in [0.3, 0.4) is 0 Å². The van der Waals surface area contributed by atoms with Crippen molar-refractivity contribution in [2.45, 2.75) is 19.8 Å². The van der Waals surface area contributed by atoms with Gasteiger partial charge in [0, 0.05) is 10.3 Å². The van der Waals surface area contributed by atoms with Crippen LogP contribution in [0.2, 0.25) is 0 Å². The van der Waals surface area contributed by atoms with Gasteiger partial charge in [0.2, 0.25) is 0 Å². The fourth-order valence-corrected chi connectivity index (χ4v) is 2.09. The number of esters is 1. The Morgan fingerprint density at radius 1 is 1.56 bits per heavy atom. The zero-order valence-corrected chi connectivity index (χ0v) is 10.0. The smallest absolute Gasteiger partial charge is 0.338 e. The number of aliphatic carboxylic acids is 1. The lowest BCUT2D eigenvalue weighted by Crippen LogP contribution is -2.09. The fourth-order valence-electron chi connectivity index (χ4n) is 1.22. The molecular weight excluding hydrogens is 228 g/mol. The summed E-state index contributed by atoms with van der Waals surface area (Å²) in [6.07, 6.45) is 1.26. The molecule has 0 aromatic carbocycles. The maximum Gasteiger partial charge on any atom is 0.338 e. The molecule has 0 aliphatic heterocycles. The summed E-state index contributed by atoms with van der Waals surface area (Å²) in [6, 6.07) is 1.76. The minimum atomic E-state index is -0.787. The average molecular weight is 242 g/mol. The number of rotatable bonds is 5. The Morgan fingerprint density at radius 3 is 2.81 bits per heavy atom. The topological polar surface area (TPSA) is 63.6 Å². The first-order valence-corrected chi connectivity index (χ1v) is 5.81. The van der Waals surface area contributed by atoms with Crippen LogP contribution in [0.15, 0.2) is 11.4 Å². The Kier molecular flexibility index (Phi) is 4.49. The normalized spacial score (nSPS) is 12.1. The quantitative estimate of drug-likeness (QED) is 0.804. The first-order chi connectivity index (χ1) is 7.54. The molecule has 0 aliphatic carbocycles. The number of hydrogen-bond acceptors (Lipinski definition) is 4. The van der Waals surface area contributed by atoms with E-state index in [2.05, 4.69) is 4.74 Å². The molecular formula is C11H14O4S. The van der Waals surface area contributed by atoms with Gasteiger partial charge in [-0.25, -0.2) is 4.79 Å². The minimum Gasteiger partial charge on any atom is -0.481 e. The predicted molar refractivity (Wildman–Crippen MR) is 60.8 cm³/mol. The van der Waals surface area contributed by atoms with Crippen LogP contribution >= 0.6 is 11.3 Å². The molecule has 0 saturated heterocycles. The molecule has 1 N–H and O–H groups in total. The number of carbonyl (C=O) groups excluding carboxylic acids is 1. The van der Waals surface area contributed by atoms with Crippen LogP contribution in [0.4, 0.5) is 0 Å². The van der Waals surface area contributed by atoms with E-state index in [9.17, 15) is 9.59 Å². The van der Waals surface area contributed by atoms with Crippen molar-refractivity contribution in [2.75, 3.05) is 7.11 Å². The number of thiophene rings is 1. The first-order valence-electron chi connectivity index (χ1n) is 4.93. The molecule has 1 aromatic rings. The van der Waals surface area contributed by atoms with Crippen LogP contribution in [-0.4, -0.2) is 24.2 Å². The molecule has 4 nitrogen and oxygen atoms in total. The SMILES string of the molecule is COC(=O)c1csc(CCC(C)C(=O)O)c1. The van der Waals surface area contributed by atoms with E-state index < -0.39 is 5.97 Å². The molecule has 0 aliphatic rings. The number of carboxylic acid groups (broad SMARTS) is 1. The van der Waals surface area contributed by atoms with Gasteiger partial charge in [-0.1, -0.05) is 6.92 Å². The Hall–Kier alpha value is -1.36. The molecule has 1 heterocycles. The van der Waals surface area contributed by atoms with E-state index in [0.717, 1.165) is 4.88 Å². The molecule has 16 heavy (non-hydrogen) atoms. The van der Waals surface area contributed by atoms with E-state index in [1.165, 1.54) is 18.4 Å². The average Bonchev–Trinajstić information content (AvgIpc) is 2.73. The third kappa shape index (κ3) is 3.34. The van der Waals surface area contributed by atoms with Gasteiger partial charge < -0.3 is 9.84 Å². The van der Waals surface area contributed by atoms with E-state index in [1.807, 2.05) is 0 Å². The molecule has 0 bridgehead atoms. The molecule has 5 heteroatoms. The highest BCUT2D eigenvalue weighted by molar-refractivity contribution is 7.10. The number of ether oxygens (including phenoxy) is 1. The fraction of sp³-hybridized carbons (Fsp3) is 0.455. The van der Waals surface area contributed by atoms with Crippen molar-refractivity contribution in [2.24, 2.45) is 5.92 Å². The van der Waals surface area contributed by atoms with E-state index in [-0.39, 0.29) is 11.9 Å². The van der Waals surface area contributed by atoms with Crippen LogP contribution in [-0.2, 0) is 16.0 Å². The number of aryl methyl sites for hydroxylation is 1. The Morgan fingerprint density at radius 2 is 2.25 bits per heavy atom. The van der Waals surface area contributed by atoms with Gasteiger partial charge in [-0.05, 0) is 18.9 Å². The molecule has 0 fully saturated rings. The number of hydrogen-bond donors (Lipinski definition) is 1. The highest BCUT2D eigenvalue weighted by Crippen LogP contribution is 2.19. The van der Waals surface area contributed by atoms with Gasteiger partial charge in [-0.2, -0.15) is 0 Å². The lowest BCUT2D eigenvalue weighted by Gasteiger charge is -2.03. The van der Waals surface area contributed by atoms with Crippen molar-refractivity contribution >= 4 is 23.3 Å². The molecule has 1 unspecified atom stereocenters. The van der Waals surface area contributed by atoms with Crippen molar-refractivity contribution in [1.82, 2.24) is 0 Å². The lowest BCUT2D eigenvalue weighted by molar-refractivity contribution is -0.141. The van der Waals surface area contributed by atoms with Gasteiger partial charge in [0.05, 0.1) is 18.6 Å². The van der Waals surface area contributed by atoms with Crippen molar-refractivity contribution in [3.05, 3.63) is 21.9 Å². The number of methoxy groups -OCH3 is 1. The Balaban J connectivity index is 2.53. The second kappa shape index (κ2) is 5.65. The zero-order chi connectivity index (χ0) is 12.1. The van der Waals surface area contributed by atoms with Gasteiger partial charge >= 0.3 is 11.9 Å². The third-order valence-electron chi connectivity index (χ3n) is 2.32. The summed E-state index contributed by atoms with van der Waals surface area (Å²) >= 11 is 1.45. The molecule has 1 atom stereocenters. The Labute approximate surface area is 97.9 Å². The van der Waals surface area contributed by atoms with Gasteiger partial charge in [0.1, 0.15) is 0 Å². The van der Waals surface area contributed by atoms with Crippen molar-refractivity contribution in [1.29, 1.82) is 0 Å². The van der Waals surface area contributed by atoms with Crippen LogP contribution in [0, 0.1) is 5.92 Å². The highest BCUT2D eigenvalue weighted by Gasteiger charge is 2.13. The largest absolute Gasteiger partial charge is 0.481 e. The predicted octanol–water partition coefficient (Wildman–Crippen LogP) is 2.19. The van der Waals surface area contributed by atoms with Crippen LogP contribution in [0.1, 0.15) is 28.6 Å². The standard InChI is InChI=1S/C11H14O4S/c1-7(10(12)13)3-4-9-5-8(6-16-9)11(14)15-2/h5-7H,3-4H2,1-2H3,(H,12,13). The zero-order valence-electron chi connectivity index (χ0n) is 9.23. The van der Waals surface area contributed by atoms with Crippen molar-refractivity contribution < 1.29 is 19.4 Å². The molecule has 0 radical (unpaired) electrons. The van der Waals surface area contributed by atoms with Crippen molar-refractivity contribution in [3.8, 4) is 0 Å². The summed E-state index contributed by atoms with van der Waals surface area (Å²) in [5, 5.41) is 10.4. The molecule has 1 aromatic heterocycles. The van der Waals surface area contributed by atoms with Crippen LogP contribution in [0.5, 0.6) is 0 Å². The second-order valence-corrected chi connectivity index (χ2v) is 4.57. The lowest BCUT2D eigenvalue weighted by atomic mass is 10.1. The van der Waals surface area contributed by atoms with Gasteiger partial charge in [-0.15, -0.1) is 11.3 Å². The van der Waals surface area contributed by atoms with E-state index in [1.54, 1.807) is 18.4 Å². The highest BCUT2D eigenvalue weighted by atomic mass is 32.1. The molecule has 88 valence electrons. The molecule has 0 amide bonds. The molecule has 0 saturated carbocycles. The summed E-state index contributed by atoms with van der Waals surface area (Å²) in [4.78, 5) is 22.8. The summed E-state index contributed by atoms with van der Waals surface area (Å²) in [5.41, 5.74) is 0.533. The first kappa shape index (κ1) is 12.7. The van der Waals surface area contributed by atoms with Gasteiger partial charge in [-0.3, -0.25) is 4.79 Å². The van der Waals surface area contributed by atoms with Gasteiger partial charge in [0.25, 0.3) is 0 Å². The molecule has 1 rings (SSSR count). The third-order valence-corrected chi connectivity index (χ3v) is 3.32. The summed E-state index contributed by atoms with van der Waals surface area (Å²) < 4.78 is 4.59. The van der Waals surface area contributed by atoms with Crippen molar-refractivity contribution in [3.63, 3.8) is 0 Å². The summed E-state index contributed by atoms with van der Waals surface area (Å²) in [7, 11) is 1.34. The van der Waals surface area contributed by atoms with Crippen LogP contribution < -0.4 is 0 Å². The molecule has 0 spiro atoms. The minimum absolute atomic E-state index is 0.353. The van der Waals surface area contributed by atoms with E-state index in [4.69, 9.17) is 5.11 Å². The summed E-state index contributed by atoms with van der Waals surface area (Å²) in [5.74, 6) is -1.50. The summed E-state index contributed by atoms with van der Waals surface area (Å²) in [6.45, 7) is 1.68. The number of carbonyl (C=O) groups is 2. The maximum atomic E-state index is 11.2. The second-order valence-electron chi connectivity index (χ2n) is 3.57.